The molecule has 3 rings (SSSR count). The Kier molecular flexibility index (Phi) is 4.23. The molecule has 0 saturated heterocycles. The van der Waals surface area contributed by atoms with Crippen molar-refractivity contribution >= 4 is 11.9 Å². The zero-order valence-electron chi connectivity index (χ0n) is 13.5. The van der Waals surface area contributed by atoms with E-state index >= 15 is 0 Å². The second-order valence-corrected chi connectivity index (χ2v) is 5.73. The molecule has 1 amide bonds. The smallest absolute Gasteiger partial charge is 0.246 e. The van der Waals surface area contributed by atoms with Crippen LogP contribution in [0.3, 0.4) is 0 Å². The van der Waals surface area contributed by atoms with Gasteiger partial charge in [0.1, 0.15) is 6.04 Å². The monoisotopic (exact) mass is 311 g/mol. The van der Waals surface area contributed by atoms with E-state index in [2.05, 4.69) is 21.2 Å². The fourth-order valence-corrected chi connectivity index (χ4v) is 3.04. The van der Waals surface area contributed by atoms with E-state index < -0.39 is 6.04 Å². The molecule has 0 spiro atoms. The van der Waals surface area contributed by atoms with E-state index in [1.165, 1.54) is 5.56 Å². The van der Waals surface area contributed by atoms with Crippen molar-refractivity contribution in [1.29, 1.82) is 0 Å². The lowest BCUT2D eigenvalue weighted by atomic mass is 9.94. The number of primary amides is 1. The highest BCUT2D eigenvalue weighted by molar-refractivity contribution is 5.84. The lowest BCUT2D eigenvalue weighted by molar-refractivity contribution is -0.119. The van der Waals surface area contributed by atoms with Crippen LogP contribution in [0.5, 0.6) is 0 Å². The van der Waals surface area contributed by atoms with Gasteiger partial charge in [-0.1, -0.05) is 38.1 Å². The first-order valence-electron chi connectivity index (χ1n) is 7.99. The Morgan fingerprint density at radius 2 is 1.87 bits per heavy atom. The van der Waals surface area contributed by atoms with Crippen molar-refractivity contribution in [1.82, 2.24) is 15.2 Å². The van der Waals surface area contributed by atoms with E-state index in [-0.39, 0.29) is 5.91 Å². The summed E-state index contributed by atoms with van der Waals surface area (Å²) in [6, 6.07) is 7.64. The molecule has 1 aromatic heterocycles. The molecule has 1 aromatic carbocycles. The molecule has 0 saturated carbocycles. The van der Waals surface area contributed by atoms with Crippen molar-refractivity contribution in [3.63, 3.8) is 0 Å². The average molecular weight is 311 g/mol. The third kappa shape index (κ3) is 2.88. The van der Waals surface area contributed by atoms with Gasteiger partial charge in [0.15, 0.2) is 0 Å². The molecule has 0 unspecified atom stereocenters. The van der Waals surface area contributed by atoms with E-state index in [1.807, 2.05) is 36.9 Å². The zero-order chi connectivity index (χ0) is 16.4. The van der Waals surface area contributed by atoms with Crippen LogP contribution in [0.25, 0.3) is 0 Å². The molecule has 23 heavy (non-hydrogen) atoms. The van der Waals surface area contributed by atoms with Gasteiger partial charge in [0.2, 0.25) is 11.9 Å². The SMILES string of the molecule is CCc1nnc(N2Cc3ccccc3C[C@H]2C(N)=O)nc1CC. The number of benzene rings is 1. The average Bonchev–Trinajstić information content (AvgIpc) is 2.59. The Morgan fingerprint density at radius 1 is 1.17 bits per heavy atom. The lowest BCUT2D eigenvalue weighted by Gasteiger charge is -2.35. The van der Waals surface area contributed by atoms with Gasteiger partial charge >= 0.3 is 0 Å². The van der Waals surface area contributed by atoms with Gasteiger partial charge in [-0.2, -0.15) is 5.10 Å². The summed E-state index contributed by atoms with van der Waals surface area (Å²) in [6.07, 6.45) is 2.16. The summed E-state index contributed by atoms with van der Waals surface area (Å²) in [4.78, 5) is 18.4. The third-order valence-electron chi connectivity index (χ3n) is 4.33. The van der Waals surface area contributed by atoms with Gasteiger partial charge in [-0.05, 0) is 24.0 Å². The molecule has 0 radical (unpaired) electrons. The number of hydrogen-bond acceptors (Lipinski definition) is 5. The van der Waals surface area contributed by atoms with Crippen LogP contribution >= 0.6 is 0 Å². The highest BCUT2D eigenvalue weighted by Gasteiger charge is 2.32. The van der Waals surface area contributed by atoms with Crippen LogP contribution in [0.4, 0.5) is 5.95 Å². The van der Waals surface area contributed by atoms with E-state index in [4.69, 9.17) is 5.73 Å². The van der Waals surface area contributed by atoms with Crippen molar-refractivity contribution in [2.75, 3.05) is 4.90 Å². The van der Waals surface area contributed by atoms with Crippen LogP contribution in [0.1, 0.15) is 36.4 Å². The van der Waals surface area contributed by atoms with Crippen LogP contribution in [-0.2, 0) is 30.6 Å². The first-order valence-corrected chi connectivity index (χ1v) is 7.99. The molecule has 2 aromatic rings. The Morgan fingerprint density at radius 3 is 2.52 bits per heavy atom. The number of anilines is 1. The molecule has 2 heterocycles. The maximum atomic E-state index is 11.9. The van der Waals surface area contributed by atoms with E-state index in [9.17, 15) is 4.79 Å². The van der Waals surface area contributed by atoms with Crippen molar-refractivity contribution in [2.45, 2.75) is 45.7 Å². The Hall–Kier alpha value is -2.50. The summed E-state index contributed by atoms with van der Waals surface area (Å²) in [5.74, 6) is 0.123. The number of rotatable bonds is 4. The number of carbonyl (C=O) groups excluding carboxylic acids is 1. The Labute approximate surface area is 135 Å². The fourth-order valence-electron chi connectivity index (χ4n) is 3.04. The molecule has 2 N–H and O–H groups in total. The van der Waals surface area contributed by atoms with Crippen molar-refractivity contribution in [3.05, 3.63) is 46.8 Å². The molecule has 1 atom stereocenters. The number of fused-ring (bicyclic) bond motifs is 1. The number of carbonyl (C=O) groups is 1. The number of aryl methyl sites for hydroxylation is 2. The van der Waals surface area contributed by atoms with Crippen molar-refractivity contribution < 1.29 is 4.79 Å². The largest absolute Gasteiger partial charge is 0.368 e. The van der Waals surface area contributed by atoms with Crippen molar-refractivity contribution in [3.8, 4) is 0 Å². The number of nitrogens with two attached hydrogens (primary N) is 1. The summed E-state index contributed by atoms with van der Waals surface area (Å²) in [6.45, 7) is 4.65. The molecule has 6 heteroatoms. The third-order valence-corrected chi connectivity index (χ3v) is 4.33. The molecular formula is C17H21N5O. The zero-order valence-corrected chi connectivity index (χ0v) is 13.5. The van der Waals surface area contributed by atoms with Crippen LogP contribution in [-0.4, -0.2) is 27.1 Å². The molecule has 1 aliphatic heterocycles. The maximum absolute atomic E-state index is 11.9. The predicted octanol–water partition coefficient (Wildman–Crippen LogP) is 1.41. The van der Waals surface area contributed by atoms with E-state index in [1.54, 1.807) is 0 Å². The number of hydrogen-bond donors (Lipinski definition) is 1. The van der Waals surface area contributed by atoms with Gasteiger partial charge in [-0.15, -0.1) is 5.10 Å². The van der Waals surface area contributed by atoms with Gasteiger partial charge < -0.3 is 10.6 Å². The van der Waals surface area contributed by atoms with Crippen LogP contribution in [0.2, 0.25) is 0 Å². The van der Waals surface area contributed by atoms with Gasteiger partial charge in [0, 0.05) is 13.0 Å². The Balaban J connectivity index is 2.01. The van der Waals surface area contributed by atoms with E-state index in [0.717, 1.165) is 29.8 Å². The first kappa shape index (κ1) is 15.4. The lowest BCUT2D eigenvalue weighted by Crippen LogP contribution is -2.49. The summed E-state index contributed by atoms with van der Waals surface area (Å²) < 4.78 is 0. The van der Waals surface area contributed by atoms with Crippen LogP contribution < -0.4 is 10.6 Å². The summed E-state index contributed by atoms with van der Waals surface area (Å²) in [5, 5.41) is 8.53. The predicted molar refractivity (Wildman–Crippen MR) is 87.9 cm³/mol. The second-order valence-electron chi connectivity index (χ2n) is 5.73. The first-order chi connectivity index (χ1) is 11.1. The molecule has 6 nitrogen and oxygen atoms in total. The van der Waals surface area contributed by atoms with Crippen LogP contribution in [0, 0.1) is 0 Å². The highest BCUT2D eigenvalue weighted by Crippen LogP contribution is 2.26. The normalized spacial score (nSPS) is 17.0. The highest BCUT2D eigenvalue weighted by atomic mass is 16.1. The fraction of sp³-hybridized carbons (Fsp3) is 0.412. The molecule has 120 valence electrons. The number of amides is 1. The van der Waals surface area contributed by atoms with Crippen LogP contribution in [0.15, 0.2) is 24.3 Å². The summed E-state index contributed by atoms with van der Waals surface area (Å²) in [7, 11) is 0. The summed E-state index contributed by atoms with van der Waals surface area (Å²) >= 11 is 0. The Bertz CT molecular complexity index is 731. The van der Waals surface area contributed by atoms with Crippen molar-refractivity contribution in [2.24, 2.45) is 5.73 Å². The summed E-state index contributed by atoms with van der Waals surface area (Å²) in [5.41, 5.74) is 9.79. The molecular weight excluding hydrogens is 290 g/mol. The second kappa shape index (κ2) is 6.32. The number of aromatic nitrogens is 3. The standard InChI is InChI=1S/C17H21N5O/c1-3-13-14(4-2)20-21-17(19-13)22-10-12-8-6-5-7-11(12)9-15(22)16(18)23/h5-8,15H,3-4,9-10H2,1-2H3,(H2,18,23)/t15-/m0/s1. The van der Waals surface area contributed by atoms with E-state index in [0.29, 0.717) is 18.9 Å². The molecule has 1 aliphatic rings. The molecule has 0 aliphatic carbocycles. The quantitative estimate of drug-likeness (QED) is 0.923. The number of nitrogens with zero attached hydrogens (tertiary/aromatic N) is 4. The van der Waals surface area contributed by atoms with Gasteiger partial charge in [0.25, 0.3) is 0 Å². The molecule has 0 bridgehead atoms. The minimum absolute atomic E-state index is 0.360. The topological polar surface area (TPSA) is 85.0 Å². The molecule has 0 fully saturated rings. The minimum Gasteiger partial charge on any atom is -0.368 e. The maximum Gasteiger partial charge on any atom is 0.246 e. The van der Waals surface area contributed by atoms with Gasteiger partial charge in [0.05, 0.1) is 11.4 Å². The van der Waals surface area contributed by atoms with Gasteiger partial charge in [-0.25, -0.2) is 4.98 Å². The van der Waals surface area contributed by atoms with Gasteiger partial charge in [-0.3, -0.25) is 4.79 Å². The minimum atomic E-state index is -0.441.